The summed E-state index contributed by atoms with van der Waals surface area (Å²) in [4.78, 5) is 13.0. The van der Waals surface area contributed by atoms with Crippen LogP contribution in [-0.4, -0.2) is 43.7 Å². The first-order valence-electron chi connectivity index (χ1n) is 11.2. The molecule has 0 bridgehead atoms. The topological polar surface area (TPSA) is 77.0 Å². The zero-order valence-corrected chi connectivity index (χ0v) is 18.1. The third-order valence-corrected chi connectivity index (χ3v) is 6.08. The summed E-state index contributed by atoms with van der Waals surface area (Å²) in [5.41, 5.74) is 1.08. The van der Waals surface area contributed by atoms with Gasteiger partial charge in [0.2, 0.25) is 6.29 Å². The Balaban J connectivity index is 1.86. The smallest absolute Gasteiger partial charge is 0.286 e. The molecule has 30 heavy (non-hydrogen) atoms. The number of rotatable bonds is 9. The maximum atomic E-state index is 13.0. The van der Waals surface area contributed by atoms with E-state index in [9.17, 15) is 9.90 Å². The molecule has 6 nitrogen and oxygen atoms in total. The van der Waals surface area contributed by atoms with Gasteiger partial charge in [-0.05, 0) is 56.4 Å². The van der Waals surface area contributed by atoms with E-state index in [1.165, 1.54) is 6.42 Å². The number of ether oxygens (including phenoxy) is 3. The number of allylic oxidation sites excluding steroid dienone is 1. The molecule has 3 atom stereocenters. The van der Waals surface area contributed by atoms with Crippen molar-refractivity contribution in [2.75, 3.05) is 20.3 Å². The lowest BCUT2D eigenvalue weighted by Crippen LogP contribution is -2.42. The zero-order valence-electron chi connectivity index (χ0n) is 18.1. The van der Waals surface area contributed by atoms with E-state index in [2.05, 4.69) is 5.32 Å². The summed E-state index contributed by atoms with van der Waals surface area (Å²) in [5.74, 6) is 0.931. The van der Waals surface area contributed by atoms with Gasteiger partial charge in [-0.3, -0.25) is 4.79 Å². The van der Waals surface area contributed by atoms with E-state index >= 15 is 0 Å². The Bertz CT molecular complexity index is 696. The molecule has 2 N–H and O–H groups in total. The van der Waals surface area contributed by atoms with E-state index in [1.54, 1.807) is 7.11 Å². The molecule has 3 rings (SSSR count). The molecule has 1 aliphatic heterocycles. The summed E-state index contributed by atoms with van der Waals surface area (Å²) in [5, 5.41) is 12.5. The molecule has 0 radical (unpaired) electrons. The van der Waals surface area contributed by atoms with Gasteiger partial charge in [-0.15, -0.1) is 0 Å². The van der Waals surface area contributed by atoms with Gasteiger partial charge < -0.3 is 24.6 Å². The molecular formula is C24H35NO5. The van der Waals surface area contributed by atoms with E-state index in [0.717, 1.165) is 43.4 Å². The minimum Gasteiger partial charge on any atom is -0.497 e. The molecular weight excluding hydrogens is 382 g/mol. The summed E-state index contributed by atoms with van der Waals surface area (Å²) in [6, 6.07) is 8.12. The highest BCUT2D eigenvalue weighted by Gasteiger charge is 2.38. The van der Waals surface area contributed by atoms with Crippen LogP contribution in [0.4, 0.5) is 0 Å². The van der Waals surface area contributed by atoms with Gasteiger partial charge in [0, 0.05) is 31.1 Å². The number of methoxy groups -OCH3 is 1. The molecule has 0 saturated heterocycles. The summed E-state index contributed by atoms with van der Waals surface area (Å²) in [7, 11) is 1.65. The fourth-order valence-corrected chi connectivity index (χ4v) is 4.47. The fraction of sp³-hybridized carbons (Fsp3) is 0.625. The van der Waals surface area contributed by atoms with Crippen LogP contribution in [0.1, 0.15) is 63.4 Å². The number of carbonyl (C=O) groups is 1. The van der Waals surface area contributed by atoms with Gasteiger partial charge in [-0.2, -0.15) is 0 Å². The van der Waals surface area contributed by atoms with Gasteiger partial charge in [0.1, 0.15) is 5.75 Å². The van der Waals surface area contributed by atoms with Crippen LogP contribution in [0.15, 0.2) is 36.1 Å². The normalized spacial score (nSPS) is 24.6. The minimum absolute atomic E-state index is 0.0109. The molecule has 1 aromatic carbocycles. The van der Waals surface area contributed by atoms with Crippen LogP contribution in [-0.2, 0) is 14.3 Å². The average molecular weight is 418 g/mol. The van der Waals surface area contributed by atoms with Gasteiger partial charge in [0.25, 0.3) is 5.91 Å². The van der Waals surface area contributed by atoms with Crippen molar-refractivity contribution < 1.29 is 24.1 Å². The second kappa shape index (κ2) is 11.4. The highest BCUT2D eigenvalue weighted by atomic mass is 16.7. The Kier molecular flexibility index (Phi) is 8.58. The first-order chi connectivity index (χ1) is 14.7. The maximum absolute atomic E-state index is 13.0. The van der Waals surface area contributed by atoms with Crippen molar-refractivity contribution in [1.29, 1.82) is 0 Å². The van der Waals surface area contributed by atoms with Gasteiger partial charge in [-0.25, -0.2) is 0 Å². The van der Waals surface area contributed by atoms with Crippen molar-refractivity contribution in [1.82, 2.24) is 5.32 Å². The Morgan fingerprint density at radius 2 is 1.93 bits per heavy atom. The van der Waals surface area contributed by atoms with Crippen molar-refractivity contribution in [2.24, 2.45) is 5.92 Å². The molecule has 0 spiro atoms. The van der Waals surface area contributed by atoms with Crippen molar-refractivity contribution in [3.05, 3.63) is 41.7 Å². The number of amides is 1. The van der Waals surface area contributed by atoms with Crippen molar-refractivity contribution in [3.63, 3.8) is 0 Å². The van der Waals surface area contributed by atoms with Gasteiger partial charge in [-0.1, -0.05) is 31.4 Å². The van der Waals surface area contributed by atoms with Gasteiger partial charge in [0.05, 0.1) is 7.11 Å². The van der Waals surface area contributed by atoms with Crippen LogP contribution in [0, 0.1) is 5.92 Å². The molecule has 1 fully saturated rings. The average Bonchev–Trinajstić information content (AvgIpc) is 2.78. The highest BCUT2D eigenvalue weighted by Crippen LogP contribution is 2.39. The van der Waals surface area contributed by atoms with Crippen molar-refractivity contribution in [2.45, 2.75) is 70.1 Å². The van der Waals surface area contributed by atoms with Crippen LogP contribution in [0.2, 0.25) is 0 Å². The van der Waals surface area contributed by atoms with E-state index in [4.69, 9.17) is 14.2 Å². The van der Waals surface area contributed by atoms with Crippen LogP contribution in [0.5, 0.6) is 5.75 Å². The molecule has 1 heterocycles. The molecule has 1 saturated carbocycles. The minimum atomic E-state index is -0.522. The second-order valence-corrected chi connectivity index (χ2v) is 8.11. The third-order valence-electron chi connectivity index (χ3n) is 6.08. The third kappa shape index (κ3) is 5.76. The SMILES string of the molecule is CCO[C@H]1OC(C(=O)NC2CCCCC2)=C[C@@H](c2ccc(OC)cc2)[C@@H]1CCCO. The molecule has 0 unspecified atom stereocenters. The van der Waals surface area contributed by atoms with Gasteiger partial charge in [0.15, 0.2) is 5.76 Å². The van der Waals surface area contributed by atoms with Crippen LogP contribution in [0.25, 0.3) is 0 Å². The highest BCUT2D eigenvalue weighted by molar-refractivity contribution is 5.92. The first-order valence-corrected chi connectivity index (χ1v) is 11.2. The van der Waals surface area contributed by atoms with Crippen molar-refractivity contribution in [3.8, 4) is 5.75 Å². The Labute approximate surface area is 179 Å². The predicted octanol–water partition coefficient (Wildman–Crippen LogP) is 3.89. The number of carbonyl (C=O) groups excluding carboxylic acids is 1. The van der Waals surface area contributed by atoms with Gasteiger partial charge >= 0.3 is 0 Å². The summed E-state index contributed by atoms with van der Waals surface area (Å²) >= 11 is 0. The standard InChI is InChI=1S/C24H35NO5/c1-3-29-24-20(10-7-15-26)21(17-11-13-19(28-2)14-12-17)16-22(30-24)23(27)25-18-8-5-4-6-9-18/h11-14,16,18,20-21,24,26H,3-10,15H2,1-2H3,(H,25,27)/t20-,21-,24-/m0/s1. The largest absolute Gasteiger partial charge is 0.497 e. The van der Waals surface area contributed by atoms with Crippen molar-refractivity contribution >= 4 is 5.91 Å². The fourth-order valence-electron chi connectivity index (χ4n) is 4.47. The number of benzene rings is 1. The van der Waals surface area contributed by atoms with Crippen LogP contribution in [0.3, 0.4) is 0 Å². The predicted molar refractivity (Wildman–Crippen MR) is 115 cm³/mol. The molecule has 1 aliphatic carbocycles. The molecule has 6 heteroatoms. The molecule has 166 valence electrons. The summed E-state index contributed by atoms with van der Waals surface area (Å²) in [6.45, 7) is 2.53. The lowest BCUT2D eigenvalue weighted by atomic mass is 9.80. The van der Waals surface area contributed by atoms with Crippen LogP contribution >= 0.6 is 0 Å². The lowest BCUT2D eigenvalue weighted by Gasteiger charge is -2.37. The second-order valence-electron chi connectivity index (χ2n) is 8.11. The molecule has 2 aliphatic rings. The Hall–Kier alpha value is -2.05. The number of hydrogen-bond donors (Lipinski definition) is 2. The number of aliphatic hydroxyl groups is 1. The monoisotopic (exact) mass is 417 g/mol. The molecule has 1 amide bonds. The number of aliphatic hydroxyl groups excluding tert-OH is 1. The number of hydrogen-bond acceptors (Lipinski definition) is 5. The van der Waals surface area contributed by atoms with E-state index in [-0.39, 0.29) is 30.4 Å². The number of nitrogens with one attached hydrogen (secondary N) is 1. The summed E-state index contributed by atoms with van der Waals surface area (Å²) < 4.78 is 17.3. The first kappa shape index (κ1) is 22.6. The summed E-state index contributed by atoms with van der Waals surface area (Å²) in [6.07, 6.45) is 8.40. The quantitative estimate of drug-likeness (QED) is 0.637. The Morgan fingerprint density at radius 1 is 1.20 bits per heavy atom. The zero-order chi connectivity index (χ0) is 21.3. The van der Waals surface area contributed by atoms with E-state index in [1.807, 2.05) is 37.3 Å². The van der Waals surface area contributed by atoms with E-state index < -0.39 is 6.29 Å². The van der Waals surface area contributed by atoms with Crippen LogP contribution < -0.4 is 10.1 Å². The lowest BCUT2D eigenvalue weighted by molar-refractivity contribution is -0.166. The molecule has 0 aromatic heterocycles. The van der Waals surface area contributed by atoms with E-state index in [0.29, 0.717) is 18.8 Å². The molecule has 1 aromatic rings. The Morgan fingerprint density at radius 3 is 2.57 bits per heavy atom. The maximum Gasteiger partial charge on any atom is 0.286 e.